The topological polar surface area (TPSA) is 25.8 Å². The van der Waals surface area contributed by atoms with Crippen molar-refractivity contribution in [3.05, 3.63) is 156 Å². The second-order valence-electron chi connectivity index (χ2n) is 15.6. The molecule has 0 unspecified atom stereocenters. The van der Waals surface area contributed by atoms with Gasteiger partial charge in [0, 0.05) is 32.0 Å². The Morgan fingerprint density at radius 3 is 2.08 bits per heavy atom. The molecule has 0 N–H and O–H groups in total. The van der Waals surface area contributed by atoms with Gasteiger partial charge in [-0.1, -0.05) is 136 Å². The van der Waals surface area contributed by atoms with E-state index in [2.05, 4.69) is 141 Å². The summed E-state index contributed by atoms with van der Waals surface area (Å²) < 4.78 is 2.37. The minimum absolute atomic E-state index is 0.0705. The summed E-state index contributed by atoms with van der Waals surface area (Å²) in [7, 11) is 0. The Hall–Kier alpha value is -5.38. The Bertz CT molecular complexity index is 2750. The Balaban J connectivity index is 1.07. The van der Waals surface area contributed by atoms with Gasteiger partial charge in [0.1, 0.15) is 0 Å². The highest BCUT2D eigenvalue weighted by Crippen LogP contribution is 2.60. The average molecular weight is 687 g/mol. The molecule has 2 nitrogen and oxygen atoms in total. The molecule has 2 heterocycles. The van der Waals surface area contributed by atoms with Crippen molar-refractivity contribution in [2.45, 2.75) is 56.8 Å². The molecule has 6 aromatic carbocycles. The van der Waals surface area contributed by atoms with Crippen LogP contribution in [0.4, 0.5) is 0 Å². The van der Waals surface area contributed by atoms with E-state index in [1.807, 2.05) is 6.07 Å². The van der Waals surface area contributed by atoms with E-state index in [9.17, 15) is 0 Å². The number of hydrogen-bond acceptors (Lipinski definition) is 3. The van der Waals surface area contributed by atoms with Gasteiger partial charge in [0.05, 0.1) is 15.9 Å². The smallest absolute Gasteiger partial charge is 0.160 e. The van der Waals surface area contributed by atoms with E-state index in [4.69, 9.17) is 9.97 Å². The van der Waals surface area contributed by atoms with Crippen LogP contribution in [0.15, 0.2) is 133 Å². The highest BCUT2D eigenvalue weighted by Gasteiger charge is 2.46. The molecule has 0 saturated heterocycles. The van der Waals surface area contributed by atoms with E-state index in [-0.39, 0.29) is 10.8 Å². The number of fused-ring (bicyclic) bond motifs is 11. The molecule has 11 rings (SSSR count). The van der Waals surface area contributed by atoms with Crippen molar-refractivity contribution in [3.63, 3.8) is 0 Å². The standard InChI is InChI=1S/C49H38N2S/c1-48(2)39-23-22-32(27-36(39)38-29-42-37(28-41(38)48)34-18-7-9-20-40(34)49(42)24-11-4-12-25-49)31-16-13-17-33(26-31)44-46-45(35-19-8-10-21-43(35)52-46)51-47(50-44)30-14-5-3-6-15-30/h3,5-10,13-23,26-29H,4,11-12,24-25H2,1-2H3. The first-order valence-electron chi connectivity index (χ1n) is 18.8. The van der Waals surface area contributed by atoms with Crippen LogP contribution in [0.3, 0.4) is 0 Å². The molecule has 0 amide bonds. The van der Waals surface area contributed by atoms with Gasteiger partial charge in [-0.2, -0.15) is 0 Å². The third-order valence-corrected chi connectivity index (χ3v) is 13.7. The molecular weight excluding hydrogens is 649 g/mol. The number of aromatic nitrogens is 2. The van der Waals surface area contributed by atoms with Crippen LogP contribution in [0.25, 0.3) is 76.3 Å². The second-order valence-corrected chi connectivity index (χ2v) is 16.7. The average Bonchev–Trinajstić information content (AvgIpc) is 3.78. The summed E-state index contributed by atoms with van der Waals surface area (Å²) in [5.41, 5.74) is 18.4. The fourth-order valence-electron chi connectivity index (χ4n) is 9.92. The zero-order valence-corrected chi connectivity index (χ0v) is 30.4. The van der Waals surface area contributed by atoms with Crippen LogP contribution in [0.1, 0.15) is 68.2 Å². The zero-order valence-electron chi connectivity index (χ0n) is 29.5. The number of benzene rings is 6. The number of thiophene rings is 1. The quantitative estimate of drug-likeness (QED) is 0.185. The second kappa shape index (κ2) is 11.1. The van der Waals surface area contributed by atoms with Gasteiger partial charge < -0.3 is 0 Å². The maximum atomic E-state index is 5.27. The van der Waals surface area contributed by atoms with E-state index < -0.39 is 0 Å². The Labute approximate surface area is 308 Å². The minimum Gasteiger partial charge on any atom is -0.226 e. The number of nitrogens with zero attached hydrogens (tertiary/aromatic N) is 2. The van der Waals surface area contributed by atoms with E-state index in [1.165, 1.54) is 86.7 Å². The summed E-state index contributed by atoms with van der Waals surface area (Å²) in [5, 5.41) is 1.18. The third-order valence-electron chi connectivity index (χ3n) is 12.5. The van der Waals surface area contributed by atoms with E-state index >= 15 is 0 Å². The van der Waals surface area contributed by atoms with Gasteiger partial charge in [-0.05, 0) is 98.8 Å². The molecule has 2 aromatic heterocycles. The van der Waals surface area contributed by atoms with Crippen LogP contribution in [0.5, 0.6) is 0 Å². The Morgan fingerprint density at radius 1 is 0.500 bits per heavy atom. The first-order chi connectivity index (χ1) is 25.5. The number of rotatable bonds is 3. The van der Waals surface area contributed by atoms with Gasteiger partial charge in [-0.3, -0.25) is 0 Å². The predicted octanol–water partition coefficient (Wildman–Crippen LogP) is 13.4. The maximum absolute atomic E-state index is 5.27. The van der Waals surface area contributed by atoms with Crippen molar-refractivity contribution in [2.24, 2.45) is 0 Å². The zero-order chi connectivity index (χ0) is 34.6. The maximum Gasteiger partial charge on any atom is 0.160 e. The van der Waals surface area contributed by atoms with Gasteiger partial charge in [0.25, 0.3) is 0 Å². The fraction of sp³-hybridized carbons (Fsp3) is 0.184. The van der Waals surface area contributed by atoms with Crippen molar-refractivity contribution in [1.82, 2.24) is 9.97 Å². The largest absolute Gasteiger partial charge is 0.226 e. The first-order valence-corrected chi connectivity index (χ1v) is 19.6. The Morgan fingerprint density at radius 2 is 1.19 bits per heavy atom. The predicted molar refractivity (Wildman–Crippen MR) is 218 cm³/mol. The summed E-state index contributed by atoms with van der Waals surface area (Å²) in [6.45, 7) is 4.83. The van der Waals surface area contributed by atoms with Crippen LogP contribution >= 0.6 is 11.3 Å². The van der Waals surface area contributed by atoms with Crippen molar-refractivity contribution < 1.29 is 0 Å². The molecule has 1 fully saturated rings. The van der Waals surface area contributed by atoms with Crippen molar-refractivity contribution in [1.29, 1.82) is 0 Å². The molecule has 3 heteroatoms. The van der Waals surface area contributed by atoms with Crippen LogP contribution in [0.2, 0.25) is 0 Å². The lowest BCUT2D eigenvalue weighted by molar-refractivity contribution is 0.353. The number of hydrogen-bond donors (Lipinski definition) is 0. The summed E-state index contributed by atoms with van der Waals surface area (Å²) >= 11 is 1.79. The van der Waals surface area contributed by atoms with Crippen LogP contribution < -0.4 is 0 Å². The fourth-order valence-corrected chi connectivity index (χ4v) is 11.1. The first kappa shape index (κ1) is 30.3. The molecule has 0 radical (unpaired) electrons. The molecule has 1 saturated carbocycles. The molecule has 0 bridgehead atoms. The van der Waals surface area contributed by atoms with Gasteiger partial charge in [-0.15, -0.1) is 11.3 Å². The van der Waals surface area contributed by atoms with Crippen molar-refractivity contribution in [3.8, 4) is 56.0 Å². The van der Waals surface area contributed by atoms with Gasteiger partial charge in [0.2, 0.25) is 0 Å². The lowest BCUT2D eigenvalue weighted by atomic mass is 9.67. The van der Waals surface area contributed by atoms with Crippen LogP contribution in [-0.4, -0.2) is 9.97 Å². The minimum atomic E-state index is -0.0705. The van der Waals surface area contributed by atoms with Crippen LogP contribution in [0, 0.1) is 0 Å². The SMILES string of the molecule is CC1(C)c2ccc(-c3cccc(-c4nc(-c5ccccc5)nc5c4sc4ccccc45)c3)cc2-c2cc3c(cc21)-c1ccccc1C31CCCCC1. The lowest BCUT2D eigenvalue weighted by Crippen LogP contribution is -2.28. The molecule has 0 atom stereocenters. The summed E-state index contributed by atoms with van der Waals surface area (Å²) in [6, 6.07) is 49.6. The van der Waals surface area contributed by atoms with Gasteiger partial charge in [-0.25, -0.2) is 9.97 Å². The molecule has 3 aliphatic carbocycles. The molecule has 8 aromatic rings. The van der Waals surface area contributed by atoms with E-state index in [1.54, 1.807) is 22.5 Å². The lowest BCUT2D eigenvalue weighted by Gasteiger charge is -2.36. The summed E-state index contributed by atoms with van der Waals surface area (Å²) in [4.78, 5) is 10.4. The van der Waals surface area contributed by atoms with Gasteiger partial charge >= 0.3 is 0 Å². The molecule has 52 heavy (non-hydrogen) atoms. The molecule has 250 valence electrons. The summed E-state index contributed by atoms with van der Waals surface area (Å²) in [6.07, 6.45) is 6.46. The monoisotopic (exact) mass is 686 g/mol. The van der Waals surface area contributed by atoms with Crippen LogP contribution in [-0.2, 0) is 10.8 Å². The molecule has 0 aliphatic heterocycles. The highest BCUT2D eigenvalue weighted by molar-refractivity contribution is 7.26. The summed E-state index contributed by atoms with van der Waals surface area (Å²) in [5.74, 6) is 0.763. The van der Waals surface area contributed by atoms with E-state index in [0.29, 0.717) is 0 Å². The highest BCUT2D eigenvalue weighted by atomic mass is 32.1. The Kier molecular flexibility index (Phi) is 6.44. The van der Waals surface area contributed by atoms with Crippen molar-refractivity contribution >= 4 is 31.6 Å². The normalized spacial score (nSPS) is 16.2. The molecule has 1 spiro atoms. The van der Waals surface area contributed by atoms with Gasteiger partial charge in [0.15, 0.2) is 5.82 Å². The van der Waals surface area contributed by atoms with Crippen molar-refractivity contribution in [2.75, 3.05) is 0 Å². The molecular formula is C49H38N2S. The molecule has 3 aliphatic rings. The van der Waals surface area contributed by atoms with E-state index in [0.717, 1.165) is 32.9 Å². The third kappa shape index (κ3) is 4.23.